The van der Waals surface area contributed by atoms with Crippen molar-refractivity contribution < 1.29 is 19.4 Å². The Morgan fingerprint density at radius 3 is 2.50 bits per heavy atom. The quantitative estimate of drug-likeness (QED) is 0.847. The number of carboxylic acids is 1. The van der Waals surface area contributed by atoms with Crippen LogP contribution < -0.4 is 10.1 Å². The zero-order valence-corrected chi connectivity index (χ0v) is 12.7. The van der Waals surface area contributed by atoms with Crippen LogP contribution in [-0.4, -0.2) is 41.7 Å². The first-order chi connectivity index (χ1) is 10.5. The Hall–Kier alpha value is -2.24. The van der Waals surface area contributed by atoms with Crippen molar-refractivity contribution in [1.29, 1.82) is 0 Å². The lowest BCUT2D eigenvalue weighted by molar-refractivity contribution is -0.137. The fourth-order valence-corrected chi connectivity index (χ4v) is 2.40. The van der Waals surface area contributed by atoms with Crippen molar-refractivity contribution in [3.8, 4) is 5.75 Å². The molecular weight excluding hydrogens is 284 g/mol. The molecule has 0 radical (unpaired) electrons. The van der Waals surface area contributed by atoms with Crippen LogP contribution in [0.4, 0.5) is 10.5 Å². The van der Waals surface area contributed by atoms with E-state index in [2.05, 4.69) is 5.32 Å². The predicted molar refractivity (Wildman–Crippen MR) is 83.2 cm³/mol. The molecule has 0 spiro atoms. The normalized spacial score (nSPS) is 14.6. The van der Waals surface area contributed by atoms with Gasteiger partial charge >= 0.3 is 12.0 Å². The van der Waals surface area contributed by atoms with Crippen LogP contribution in [0.1, 0.15) is 32.1 Å². The van der Waals surface area contributed by atoms with Crippen molar-refractivity contribution in [2.75, 3.05) is 18.9 Å². The second-order valence-electron chi connectivity index (χ2n) is 5.54. The molecule has 0 aliphatic heterocycles. The van der Waals surface area contributed by atoms with Gasteiger partial charge in [0.15, 0.2) is 0 Å². The molecule has 1 aliphatic carbocycles. The van der Waals surface area contributed by atoms with Crippen LogP contribution in [0.2, 0.25) is 0 Å². The summed E-state index contributed by atoms with van der Waals surface area (Å²) in [5.74, 6) is -0.114. The molecule has 22 heavy (non-hydrogen) atoms. The molecule has 120 valence electrons. The van der Waals surface area contributed by atoms with Crippen molar-refractivity contribution in [1.82, 2.24) is 4.90 Å². The number of carbonyl (C=O) groups excluding carboxylic acids is 1. The van der Waals surface area contributed by atoms with Gasteiger partial charge in [-0.3, -0.25) is 4.79 Å². The Bertz CT molecular complexity index is 509. The molecule has 1 fully saturated rings. The lowest BCUT2D eigenvalue weighted by atomic mass is 10.2. The number of hydrogen-bond acceptors (Lipinski definition) is 3. The molecule has 2 N–H and O–H groups in total. The van der Waals surface area contributed by atoms with Crippen LogP contribution in [0.25, 0.3) is 0 Å². The van der Waals surface area contributed by atoms with Crippen LogP contribution in [0.5, 0.6) is 5.75 Å². The molecular formula is C16H22N2O4. The summed E-state index contributed by atoms with van der Waals surface area (Å²) < 4.78 is 5.86. The van der Waals surface area contributed by atoms with Gasteiger partial charge in [-0.1, -0.05) is 0 Å². The van der Waals surface area contributed by atoms with Crippen molar-refractivity contribution >= 4 is 17.7 Å². The number of hydrogen-bond donors (Lipinski definition) is 2. The Morgan fingerprint density at radius 1 is 1.27 bits per heavy atom. The van der Waals surface area contributed by atoms with Crippen LogP contribution in [0.15, 0.2) is 24.3 Å². The van der Waals surface area contributed by atoms with Crippen LogP contribution in [0, 0.1) is 0 Å². The Morgan fingerprint density at radius 2 is 1.91 bits per heavy atom. The van der Waals surface area contributed by atoms with Gasteiger partial charge in [0, 0.05) is 19.3 Å². The van der Waals surface area contributed by atoms with Crippen LogP contribution in [0.3, 0.4) is 0 Å². The SMILES string of the molecule is CN(CCC(=O)O)C(=O)Nc1ccc(OC2CCCC2)cc1. The zero-order chi connectivity index (χ0) is 15.9. The van der Waals surface area contributed by atoms with E-state index in [9.17, 15) is 9.59 Å². The third-order valence-corrected chi connectivity index (χ3v) is 3.72. The second-order valence-corrected chi connectivity index (χ2v) is 5.54. The molecule has 0 saturated heterocycles. The van der Waals surface area contributed by atoms with E-state index in [0.29, 0.717) is 11.8 Å². The first-order valence-corrected chi connectivity index (χ1v) is 7.55. The highest BCUT2D eigenvalue weighted by Crippen LogP contribution is 2.25. The highest BCUT2D eigenvalue weighted by Gasteiger charge is 2.16. The molecule has 0 unspecified atom stereocenters. The number of carbonyl (C=O) groups is 2. The number of benzene rings is 1. The monoisotopic (exact) mass is 306 g/mol. The van der Waals surface area contributed by atoms with Gasteiger partial charge in [0.2, 0.25) is 0 Å². The van der Waals surface area contributed by atoms with Gasteiger partial charge in [-0.2, -0.15) is 0 Å². The maximum absolute atomic E-state index is 11.9. The van der Waals surface area contributed by atoms with Crippen molar-refractivity contribution in [2.45, 2.75) is 38.2 Å². The average Bonchev–Trinajstić information content (AvgIpc) is 2.99. The van der Waals surface area contributed by atoms with E-state index in [4.69, 9.17) is 9.84 Å². The minimum Gasteiger partial charge on any atom is -0.490 e. The molecule has 2 rings (SSSR count). The fourth-order valence-electron chi connectivity index (χ4n) is 2.40. The number of anilines is 1. The molecule has 0 atom stereocenters. The van der Waals surface area contributed by atoms with Gasteiger partial charge in [-0.25, -0.2) is 4.79 Å². The summed E-state index contributed by atoms with van der Waals surface area (Å²) >= 11 is 0. The lowest BCUT2D eigenvalue weighted by Crippen LogP contribution is -2.33. The zero-order valence-electron chi connectivity index (χ0n) is 12.7. The summed E-state index contributed by atoms with van der Waals surface area (Å²) in [5.41, 5.74) is 0.658. The molecule has 1 saturated carbocycles. The van der Waals surface area contributed by atoms with Gasteiger partial charge in [0.25, 0.3) is 0 Å². The van der Waals surface area contributed by atoms with E-state index in [1.807, 2.05) is 12.1 Å². The molecule has 2 amide bonds. The number of ether oxygens (including phenoxy) is 1. The maximum atomic E-state index is 11.9. The summed E-state index contributed by atoms with van der Waals surface area (Å²) in [7, 11) is 1.57. The van der Waals surface area contributed by atoms with Gasteiger partial charge < -0.3 is 20.1 Å². The molecule has 0 aromatic heterocycles. The second kappa shape index (κ2) is 7.68. The summed E-state index contributed by atoms with van der Waals surface area (Å²) in [4.78, 5) is 23.7. The van der Waals surface area contributed by atoms with Gasteiger partial charge in [-0.05, 0) is 49.9 Å². The first-order valence-electron chi connectivity index (χ1n) is 7.55. The fraction of sp³-hybridized carbons (Fsp3) is 0.500. The Balaban J connectivity index is 1.82. The highest BCUT2D eigenvalue weighted by atomic mass is 16.5. The van der Waals surface area contributed by atoms with E-state index in [0.717, 1.165) is 18.6 Å². The predicted octanol–water partition coefficient (Wildman–Crippen LogP) is 2.95. The molecule has 1 aliphatic rings. The number of carboxylic acid groups (broad SMARTS) is 1. The number of nitrogens with zero attached hydrogens (tertiary/aromatic N) is 1. The van der Waals surface area contributed by atoms with Gasteiger partial charge in [-0.15, -0.1) is 0 Å². The summed E-state index contributed by atoms with van der Waals surface area (Å²) in [6.45, 7) is 0.171. The lowest BCUT2D eigenvalue weighted by Gasteiger charge is -2.17. The third-order valence-electron chi connectivity index (χ3n) is 3.72. The molecule has 0 bridgehead atoms. The summed E-state index contributed by atoms with van der Waals surface area (Å²) in [6, 6.07) is 6.92. The number of urea groups is 1. The van der Waals surface area contributed by atoms with E-state index in [1.165, 1.54) is 17.7 Å². The standard InChI is InChI=1S/C16H22N2O4/c1-18(11-10-15(19)20)16(21)17-12-6-8-14(9-7-12)22-13-4-2-3-5-13/h6-9,13H,2-5,10-11H2,1H3,(H,17,21)(H,19,20). The van der Waals surface area contributed by atoms with Crippen LogP contribution >= 0.6 is 0 Å². The molecule has 6 nitrogen and oxygen atoms in total. The largest absolute Gasteiger partial charge is 0.490 e. The van der Waals surface area contributed by atoms with Crippen molar-refractivity contribution in [3.63, 3.8) is 0 Å². The number of aliphatic carboxylic acids is 1. The number of amides is 2. The van der Waals surface area contributed by atoms with E-state index >= 15 is 0 Å². The maximum Gasteiger partial charge on any atom is 0.321 e. The summed E-state index contributed by atoms with van der Waals surface area (Å²) in [5, 5.41) is 11.3. The smallest absolute Gasteiger partial charge is 0.321 e. The van der Waals surface area contributed by atoms with Gasteiger partial charge in [0.1, 0.15) is 5.75 Å². The number of nitrogens with one attached hydrogen (secondary N) is 1. The molecule has 6 heteroatoms. The number of rotatable bonds is 6. The third kappa shape index (κ3) is 4.95. The van der Waals surface area contributed by atoms with Crippen LogP contribution in [-0.2, 0) is 4.79 Å². The van der Waals surface area contributed by atoms with E-state index in [1.54, 1.807) is 19.2 Å². The highest BCUT2D eigenvalue weighted by molar-refractivity contribution is 5.89. The Kier molecular flexibility index (Phi) is 5.63. The van der Waals surface area contributed by atoms with Crippen molar-refractivity contribution in [3.05, 3.63) is 24.3 Å². The first kappa shape index (κ1) is 16.1. The molecule has 1 aromatic carbocycles. The van der Waals surface area contributed by atoms with E-state index in [-0.39, 0.29) is 19.0 Å². The molecule has 1 aromatic rings. The average molecular weight is 306 g/mol. The van der Waals surface area contributed by atoms with Gasteiger partial charge in [0.05, 0.1) is 12.5 Å². The Labute approximate surface area is 130 Å². The minimum absolute atomic E-state index is 0.0713. The van der Waals surface area contributed by atoms with E-state index < -0.39 is 5.97 Å². The van der Waals surface area contributed by atoms with Crippen molar-refractivity contribution in [2.24, 2.45) is 0 Å². The molecule has 0 heterocycles. The topological polar surface area (TPSA) is 78.9 Å². The summed E-state index contributed by atoms with van der Waals surface area (Å²) in [6.07, 6.45) is 4.89. The minimum atomic E-state index is -0.923.